The lowest BCUT2D eigenvalue weighted by molar-refractivity contribution is -0.126. The van der Waals surface area contributed by atoms with E-state index < -0.39 is 0 Å². The van der Waals surface area contributed by atoms with E-state index in [0.29, 0.717) is 6.61 Å². The van der Waals surface area contributed by atoms with Crippen LogP contribution in [0.1, 0.15) is 86.6 Å². The SMILES string of the molecule is C=C(OC[C@H]1CCCC(c2cccc(C)c2)N1C=O)N1CCC(N2CCCCC2)CC1.CCc1ccc(C)cc1.O. The number of benzene rings is 2. The molecule has 3 fully saturated rings. The van der Waals surface area contributed by atoms with Gasteiger partial charge in [0, 0.05) is 19.1 Å². The predicted molar refractivity (Wildman–Crippen MR) is 169 cm³/mol. The number of nitrogens with zero attached hydrogens (tertiary/aromatic N) is 3. The standard InChI is InChI=1S/C26H39N3O2.C9H12.H2O/c1-21-8-6-9-23(18-21)26-11-7-10-25(29(26)20-30)19-31-22(2)27-16-12-24(13-17-27)28-14-4-3-5-15-28;1-3-9-6-4-8(2)5-7-9;/h6,8-9,18,20,24-26H,2-5,7,10-17,19H2,1H3;4-7H,3H2,1-2H3;1H2/t25-,26?;;/m1../s1. The second-order valence-electron chi connectivity index (χ2n) is 11.9. The number of carbonyl (C=O) groups is 1. The minimum atomic E-state index is 0. The topological polar surface area (TPSA) is 67.5 Å². The van der Waals surface area contributed by atoms with Gasteiger partial charge in [0.05, 0.1) is 12.1 Å². The average molecular weight is 564 g/mol. The Morgan fingerprint density at radius 3 is 2.24 bits per heavy atom. The van der Waals surface area contributed by atoms with Gasteiger partial charge in [-0.15, -0.1) is 0 Å². The molecule has 0 radical (unpaired) electrons. The van der Waals surface area contributed by atoms with Crippen LogP contribution < -0.4 is 0 Å². The van der Waals surface area contributed by atoms with Gasteiger partial charge in [-0.2, -0.15) is 0 Å². The second-order valence-corrected chi connectivity index (χ2v) is 11.9. The van der Waals surface area contributed by atoms with E-state index in [1.165, 1.54) is 67.4 Å². The van der Waals surface area contributed by atoms with Crippen molar-refractivity contribution in [1.82, 2.24) is 14.7 Å². The monoisotopic (exact) mass is 563 g/mol. The van der Waals surface area contributed by atoms with Crippen LogP contribution in [0, 0.1) is 13.8 Å². The van der Waals surface area contributed by atoms with E-state index >= 15 is 0 Å². The molecule has 0 aromatic heterocycles. The number of carbonyl (C=O) groups excluding carboxylic acids is 1. The first-order valence-corrected chi connectivity index (χ1v) is 15.6. The Bertz CT molecular complexity index is 1060. The molecule has 5 rings (SSSR count). The summed E-state index contributed by atoms with van der Waals surface area (Å²) < 4.78 is 6.16. The van der Waals surface area contributed by atoms with Gasteiger partial charge in [0.2, 0.25) is 6.41 Å². The lowest BCUT2D eigenvalue weighted by Crippen LogP contribution is -2.47. The third kappa shape index (κ3) is 9.34. The molecule has 2 aromatic rings. The fourth-order valence-electron chi connectivity index (χ4n) is 6.52. The summed E-state index contributed by atoms with van der Waals surface area (Å²) in [4.78, 5) is 19.0. The van der Waals surface area contributed by atoms with Crippen LogP contribution in [0.2, 0.25) is 0 Å². The molecule has 2 aromatic carbocycles. The molecule has 3 aliphatic heterocycles. The third-order valence-corrected chi connectivity index (χ3v) is 9.04. The zero-order chi connectivity index (χ0) is 28.3. The Morgan fingerprint density at radius 2 is 1.61 bits per heavy atom. The summed E-state index contributed by atoms with van der Waals surface area (Å²) in [5, 5.41) is 0. The van der Waals surface area contributed by atoms with E-state index in [9.17, 15) is 4.79 Å². The summed E-state index contributed by atoms with van der Waals surface area (Å²) in [7, 11) is 0. The van der Waals surface area contributed by atoms with Crippen molar-refractivity contribution in [3.8, 4) is 0 Å². The van der Waals surface area contributed by atoms with Gasteiger partial charge in [0.1, 0.15) is 6.61 Å². The first-order chi connectivity index (χ1) is 19.5. The number of aryl methyl sites for hydroxylation is 3. The Labute approximate surface area is 248 Å². The largest absolute Gasteiger partial charge is 0.477 e. The first kappa shape index (κ1) is 32.7. The van der Waals surface area contributed by atoms with Crippen LogP contribution in [0.5, 0.6) is 0 Å². The fraction of sp³-hybridized carbons (Fsp3) is 0.571. The zero-order valence-electron chi connectivity index (χ0n) is 25.7. The predicted octanol–water partition coefficient (Wildman–Crippen LogP) is 6.22. The number of likely N-dealkylation sites (tertiary alicyclic amines) is 3. The summed E-state index contributed by atoms with van der Waals surface area (Å²) in [6.07, 6.45) is 11.8. The van der Waals surface area contributed by atoms with Gasteiger partial charge in [-0.25, -0.2) is 0 Å². The Morgan fingerprint density at radius 1 is 0.902 bits per heavy atom. The summed E-state index contributed by atoms with van der Waals surface area (Å²) in [6.45, 7) is 15.7. The van der Waals surface area contributed by atoms with Crippen LogP contribution in [0.25, 0.3) is 0 Å². The van der Waals surface area contributed by atoms with E-state index in [4.69, 9.17) is 4.74 Å². The third-order valence-electron chi connectivity index (χ3n) is 9.04. The van der Waals surface area contributed by atoms with Crippen molar-refractivity contribution in [2.75, 3.05) is 32.8 Å². The van der Waals surface area contributed by atoms with Crippen molar-refractivity contribution in [2.24, 2.45) is 0 Å². The van der Waals surface area contributed by atoms with E-state index in [2.05, 4.69) is 85.7 Å². The van der Waals surface area contributed by atoms with Crippen LogP contribution >= 0.6 is 0 Å². The quantitative estimate of drug-likeness (QED) is 0.283. The number of amides is 1. The molecule has 0 bridgehead atoms. The number of hydrogen-bond donors (Lipinski definition) is 0. The fourth-order valence-corrected chi connectivity index (χ4v) is 6.52. The van der Waals surface area contributed by atoms with Gasteiger partial charge in [0.25, 0.3) is 0 Å². The summed E-state index contributed by atoms with van der Waals surface area (Å²) in [5.74, 6) is 0.778. The molecule has 1 unspecified atom stereocenters. The molecule has 0 saturated carbocycles. The van der Waals surface area contributed by atoms with Crippen LogP contribution in [0.4, 0.5) is 0 Å². The molecular weight excluding hydrogens is 510 g/mol. The van der Waals surface area contributed by atoms with Crippen LogP contribution in [-0.4, -0.2) is 71.5 Å². The molecule has 6 nitrogen and oxygen atoms in total. The minimum absolute atomic E-state index is 0. The molecule has 3 heterocycles. The van der Waals surface area contributed by atoms with Crippen molar-refractivity contribution in [3.63, 3.8) is 0 Å². The van der Waals surface area contributed by atoms with E-state index in [1.807, 2.05) is 4.90 Å². The molecule has 226 valence electrons. The van der Waals surface area contributed by atoms with Gasteiger partial charge in [-0.1, -0.05) is 73.0 Å². The van der Waals surface area contributed by atoms with E-state index in [-0.39, 0.29) is 17.6 Å². The normalized spacial score (nSPS) is 21.7. The highest BCUT2D eigenvalue weighted by Gasteiger charge is 2.32. The first-order valence-electron chi connectivity index (χ1n) is 15.6. The van der Waals surface area contributed by atoms with Crippen molar-refractivity contribution in [1.29, 1.82) is 0 Å². The van der Waals surface area contributed by atoms with E-state index in [0.717, 1.165) is 57.1 Å². The minimum Gasteiger partial charge on any atom is -0.477 e. The number of ether oxygens (including phenoxy) is 1. The highest BCUT2D eigenvalue weighted by molar-refractivity contribution is 5.50. The number of hydrogen-bond acceptors (Lipinski definition) is 4. The molecular formula is C35H53N3O3. The molecule has 41 heavy (non-hydrogen) atoms. The molecule has 3 aliphatic rings. The lowest BCUT2D eigenvalue weighted by atomic mass is 9.91. The highest BCUT2D eigenvalue weighted by atomic mass is 16.5. The van der Waals surface area contributed by atoms with Gasteiger partial charge < -0.3 is 24.9 Å². The second kappa shape index (κ2) is 16.6. The van der Waals surface area contributed by atoms with Gasteiger partial charge >= 0.3 is 0 Å². The smallest absolute Gasteiger partial charge is 0.210 e. The van der Waals surface area contributed by atoms with Gasteiger partial charge in [0.15, 0.2) is 5.88 Å². The number of piperidine rings is 3. The molecule has 0 aliphatic carbocycles. The Hall–Kier alpha value is -2.83. The van der Waals surface area contributed by atoms with Crippen LogP contribution in [0.15, 0.2) is 61.0 Å². The number of rotatable bonds is 8. The molecule has 3 saturated heterocycles. The van der Waals surface area contributed by atoms with Crippen molar-refractivity contribution >= 4 is 6.41 Å². The average Bonchev–Trinajstić information content (AvgIpc) is 3.01. The maximum absolute atomic E-state index is 12.0. The van der Waals surface area contributed by atoms with Crippen LogP contribution in [0.3, 0.4) is 0 Å². The molecule has 6 heteroatoms. The molecule has 1 amide bonds. The van der Waals surface area contributed by atoms with Crippen molar-refractivity contribution in [3.05, 3.63) is 83.2 Å². The maximum atomic E-state index is 12.0. The summed E-state index contributed by atoms with van der Waals surface area (Å²) in [6, 6.07) is 18.2. The zero-order valence-corrected chi connectivity index (χ0v) is 25.7. The highest BCUT2D eigenvalue weighted by Crippen LogP contribution is 2.34. The molecule has 2 atom stereocenters. The summed E-state index contributed by atoms with van der Waals surface area (Å²) in [5.41, 5.74) is 5.23. The summed E-state index contributed by atoms with van der Waals surface area (Å²) >= 11 is 0. The van der Waals surface area contributed by atoms with Gasteiger partial charge in [-0.3, -0.25) is 4.79 Å². The van der Waals surface area contributed by atoms with Crippen LogP contribution in [-0.2, 0) is 16.0 Å². The maximum Gasteiger partial charge on any atom is 0.210 e. The van der Waals surface area contributed by atoms with Crippen molar-refractivity contribution < 1.29 is 15.0 Å². The Balaban J connectivity index is 0.000000396. The lowest BCUT2D eigenvalue weighted by Gasteiger charge is -2.42. The molecule has 2 N–H and O–H groups in total. The molecule has 0 spiro atoms. The van der Waals surface area contributed by atoms with Crippen molar-refractivity contribution in [2.45, 2.75) is 96.7 Å². The Kier molecular flexibility index (Phi) is 13.2. The van der Waals surface area contributed by atoms with Gasteiger partial charge in [-0.05, 0) is 96.0 Å². The van der Waals surface area contributed by atoms with E-state index in [1.54, 1.807) is 0 Å².